The fraction of sp³-hybridized carbons (Fsp3) is 0.542. The number of aromatic nitrogens is 4. The Labute approximate surface area is 196 Å². The third-order valence-electron chi connectivity index (χ3n) is 7.59. The van der Waals surface area contributed by atoms with Gasteiger partial charge in [0, 0.05) is 35.0 Å². The van der Waals surface area contributed by atoms with Crippen molar-refractivity contribution in [3.63, 3.8) is 0 Å². The molecular formula is C24H27ClN4S2. The van der Waals surface area contributed by atoms with E-state index in [1.807, 2.05) is 35.6 Å². The number of hydrogen-bond acceptors (Lipinski definition) is 5. The largest absolute Gasteiger partial charge is 0.309 e. The highest BCUT2D eigenvalue weighted by molar-refractivity contribution is 7.98. The van der Waals surface area contributed by atoms with Crippen LogP contribution in [0.25, 0.3) is 0 Å². The molecule has 4 aliphatic carbocycles. The molecule has 7 rings (SSSR count). The van der Waals surface area contributed by atoms with Gasteiger partial charge in [0.1, 0.15) is 5.82 Å². The molecule has 0 aliphatic heterocycles. The summed E-state index contributed by atoms with van der Waals surface area (Å²) in [6, 6.07) is 7.94. The fourth-order valence-corrected chi connectivity index (χ4v) is 8.65. The lowest BCUT2D eigenvalue weighted by atomic mass is 9.50. The first kappa shape index (κ1) is 20.3. The van der Waals surface area contributed by atoms with Gasteiger partial charge in [-0.2, -0.15) is 0 Å². The van der Waals surface area contributed by atoms with Gasteiger partial charge >= 0.3 is 0 Å². The molecule has 4 bridgehead atoms. The Bertz CT molecular complexity index is 1050. The third-order valence-corrected chi connectivity index (χ3v) is 10.0. The molecule has 0 amide bonds. The van der Waals surface area contributed by atoms with E-state index in [-0.39, 0.29) is 0 Å². The van der Waals surface area contributed by atoms with Crippen LogP contribution >= 0.6 is 34.7 Å². The molecule has 7 heteroatoms. The van der Waals surface area contributed by atoms with Crippen LogP contribution in [0.15, 0.2) is 34.8 Å². The van der Waals surface area contributed by atoms with Gasteiger partial charge in [-0.1, -0.05) is 35.5 Å². The summed E-state index contributed by atoms with van der Waals surface area (Å²) in [4.78, 5) is 5.16. The summed E-state index contributed by atoms with van der Waals surface area (Å²) in [5.74, 6) is 4.72. The van der Waals surface area contributed by atoms with Gasteiger partial charge in [0.25, 0.3) is 0 Å². The Morgan fingerprint density at radius 2 is 1.74 bits per heavy atom. The summed E-state index contributed by atoms with van der Waals surface area (Å²) >= 11 is 9.64. The zero-order chi connectivity index (χ0) is 21.0. The SMILES string of the molecule is Cn1c(Cc2ccc(Cl)cc2)nnc1SCc1csc(C23CC4CC(CC(C4)C2)C3)n1. The van der Waals surface area contributed by atoms with Crippen LogP contribution in [-0.4, -0.2) is 19.7 Å². The van der Waals surface area contributed by atoms with Crippen LogP contribution in [0.4, 0.5) is 0 Å². The maximum Gasteiger partial charge on any atom is 0.191 e. The van der Waals surface area contributed by atoms with Crippen molar-refractivity contribution in [1.82, 2.24) is 19.7 Å². The molecule has 0 N–H and O–H groups in total. The van der Waals surface area contributed by atoms with Gasteiger partial charge in [0.05, 0.1) is 10.7 Å². The van der Waals surface area contributed by atoms with Crippen LogP contribution in [0.3, 0.4) is 0 Å². The average Bonchev–Trinajstić information content (AvgIpc) is 3.35. The minimum atomic E-state index is 0.402. The monoisotopic (exact) mass is 470 g/mol. The van der Waals surface area contributed by atoms with E-state index < -0.39 is 0 Å². The smallest absolute Gasteiger partial charge is 0.191 e. The van der Waals surface area contributed by atoms with Crippen molar-refractivity contribution in [3.05, 3.63) is 56.8 Å². The number of benzene rings is 1. The van der Waals surface area contributed by atoms with E-state index in [9.17, 15) is 0 Å². The molecule has 4 nitrogen and oxygen atoms in total. The molecule has 4 fully saturated rings. The highest BCUT2D eigenvalue weighted by Gasteiger charge is 2.52. The van der Waals surface area contributed by atoms with Crippen LogP contribution in [0.2, 0.25) is 5.02 Å². The molecule has 3 aromatic rings. The summed E-state index contributed by atoms with van der Waals surface area (Å²) in [5, 5.41) is 14.3. The molecule has 0 atom stereocenters. The van der Waals surface area contributed by atoms with Gasteiger partial charge in [-0.05, 0) is 74.0 Å². The normalized spacial score (nSPS) is 29.0. The van der Waals surface area contributed by atoms with Crippen molar-refractivity contribution in [2.75, 3.05) is 0 Å². The molecular weight excluding hydrogens is 444 g/mol. The second-order valence-corrected chi connectivity index (χ2v) is 12.1. The fourth-order valence-electron chi connectivity index (χ4n) is 6.54. The summed E-state index contributed by atoms with van der Waals surface area (Å²) in [6.45, 7) is 0. The van der Waals surface area contributed by atoms with E-state index in [1.165, 1.54) is 54.8 Å². The highest BCUT2D eigenvalue weighted by atomic mass is 35.5. The number of halogens is 1. The van der Waals surface area contributed by atoms with Crippen molar-refractivity contribution in [2.45, 2.75) is 61.3 Å². The van der Waals surface area contributed by atoms with Crippen molar-refractivity contribution < 1.29 is 0 Å². The minimum Gasteiger partial charge on any atom is -0.309 e. The number of thioether (sulfide) groups is 1. The Kier molecular flexibility index (Phi) is 5.15. The number of thiazole rings is 1. The first-order valence-electron chi connectivity index (χ1n) is 11.3. The molecule has 0 saturated heterocycles. The highest BCUT2D eigenvalue weighted by Crippen LogP contribution is 2.61. The van der Waals surface area contributed by atoms with Crippen molar-refractivity contribution in [1.29, 1.82) is 0 Å². The molecule has 31 heavy (non-hydrogen) atoms. The minimum absolute atomic E-state index is 0.402. The molecule has 2 heterocycles. The lowest BCUT2D eigenvalue weighted by Crippen LogP contribution is -2.48. The first-order valence-corrected chi connectivity index (χ1v) is 13.5. The molecule has 4 saturated carbocycles. The molecule has 162 valence electrons. The maximum atomic E-state index is 6.00. The predicted octanol–water partition coefficient (Wildman–Crippen LogP) is 6.28. The average molecular weight is 471 g/mol. The molecule has 0 spiro atoms. The zero-order valence-electron chi connectivity index (χ0n) is 17.8. The van der Waals surface area contributed by atoms with Crippen molar-refractivity contribution in [3.8, 4) is 0 Å². The molecule has 2 aromatic heterocycles. The molecule has 0 radical (unpaired) electrons. The number of hydrogen-bond donors (Lipinski definition) is 0. The van der Waals surface area contributed by atoms with Crippen molar-refractivity contribution >= 4 is 34.7 Å². The number of rotatable bonds is 6. The lowest BCUT2D eigenvalue weighted by Gasteiger charge is -2.56. The van der Waals surface area contributed by atoms with E-state index >= 15 is 0 Å². The van der Waals surface area contributed by atoms with Crippen molar-refractivity contribution in [2.24, 2.45) is 24.8 Å². The maximum absolute atomic E-state index is 6.00. The second kappa shape index (κ2) is 7.89. The summed E-state index contributed by atoms with van der Waals surface area (Å²) in [6.07, 6.45) is 9.37. The van der Waals surface area contributed by atoms with Gasteiger partial charge in [0.15, 0.2) is 5.16 Å². The van der Waals surface area contributed by atoms with Crippen LogP contribution in [0, 0.1) is 17.8 Å². The van der Waals surface area contributed by atoms with Gasteiger partial charge in [-0.15, -0.1) is 21.5 Å². The van der Waals surface area contributed by atoms with Gasteiger partial charge in [0.2, 0.25) is 0 Å². The number of nitrogens with zero attached hydrogens (tertiary/aromatic N) is 4. The molecule has 0 unspecified atom stereocenters. The van der Waals surface area contributed by atoms with Gasteiger partial charge in [-0.3, -0.25) is 0 Å². The third kappa shape index (κ3) is 3.85. The van der Waals surface area contributed by atoms with Gasteiger partial charge in [-0.25, -0.2) is 4.98 Å². The topological polar surface area (TPSA) is 43.6 Å². The Morgan fingerprint density at radius 1 is 1.06 bits per heavy atom. The van der Waals surface area contributed by atoms with E-state index in [0.717, 1.165) is 45.9 Å². The van der Waals surface area contributed by atoms with Crippen LogP contribution in [0.1, 0.15) is 60.6 Å². The van der Waals surface area contributed by atoms with Crippen LogP contribution < -0.4 is 0 Å². The van der Waals surface area contributed by atoms with E-state index in [2.05, 4.69) is 27.2 Å². The summed E-state index contributed by atoms with van der Waals surface area (Å²) in [7, 11) is 2.05. The summed E-state index contributed by atoms with van der Waals surface area (Å²) < 4.78 is 2.10. The quantitative estimate of drug-likeness (QED) is 0.398. The standard InChI is InChI=1S/C24H27ClN4S2/c1-29-21(9-15-2-4-19(25)5-3-15)27-28-23(29)31-14-20-13-30-22(26-20)24-10-16-6-17(11-24)8-18(7-16)12-24/h2-5,13,16-18H,6-12,14H2,1H3. The Morgan fingerprint density at radius 3 is 2.42 bits per heavy atom. The zero-order valence-corrected chi connectivity index (χ0v) is 20.1. The second-order valence-electron chi connectivity index (χ2n) is 9.89. The van der Waals surface area contributed by atoms with Crippen LogP contribution in [-0.2, 0) is 24.6 Å². The summed E-state index contributed by atoms with van der Waals surface area (Å²) in [5.41, 5.74) is 2.79. The first-order chi connectivity index (χ1) is 15.1. The van der Waals surface area contributed by atoms with E-state index in [4.69, 9.17) is 16.6 Å². The Balaban J connectivity index is 1.13. The Hall–Kier alpha value is -1.37. The molecule has 4 aliphatic rings. The van der Waals surface area contributed by atoms with E-state index in [1.54, 1.807) is 11.8 Å². The molecule has 1 aromatic carbocycles. The predicted molar refractivity (Wildman–Crippen MR) is 127 cm³/mol. The van der Waals surface area contributed by atoms with E-state index in [0.29, 0.717) is 5.41 Å². The van der Waals surface area contributed by atoms with Crippen LogP contribution in [0.5, 0.6) is 0 Å². The van der Waals surface area contributed by atoms with Gasteiger partial charge < -0.3 is 4.57 Å². The lowest BCUT2D eigenvalue weighted by molar-refractivity contribution is -0.00532.